The fourth-order valence-electron chi connectivity index (χ4n) is 2.66. The van der Waals surface area contributed by atoms with Crippen molar-refractivity contribution in [3.05, 3.63) is 24.3 Å². The largest absolute Gasteiger partial charge is 0.339 e. The minimum atomic E-state index is -0.167. The van der Waals surface area contributed by atoms with Crippen molar-refractivity contribution in [2.24, 2.45) is 5.92 Å². The van der Waals surface area contributed by atoms with E-state index in [0.29, 0.717) is 6.04 Å². The summed E-state index contributed by atoms with van der Waals surface area (Å²) in [6.45, 7) is 7.14. The topological polar surface area (TPSA) is 46.1 Å². The van der Waals surface area contributed by atoms with Crippen LogP contribution >= 0.6 is 0 Å². The van der Waals surface area contributed by atoms with Gasteiger partial charge in [0, 0.05) is 31.2 Å². The van der Waals surface area contributed by atoms with Crippen molar-refractivity contribution in [1.29, 1.82) is 0 Å². The highest BCUT2D eigenvalue weighted by Gasteiger charge is 2.34. The monoisotopic (exact) mass is 247 g/mol. The Hall–Kier alpha value is -1.45. The van der Waals surface area contributed by atoms with Crippen LogP contribution in [0.2, 0.25) is 0 Å². The van der Waals surface area contributed by atoms with Crippen LogP contribution < -0.4 is 0 Å². The number of aromatic nitrogens is 2. The van der Waals surface area contributed by atoms with Crippen molar-refractivity contribution < 1.29 is 4.79 Å². The quantitative estimate of drug-likeness (QED) is 0.822. The lowest BCUT2D eigenvalue weighted by atomic mass is 9.91. The van der Waals surface area contributed by atoms with Gasteiger partial charge in [0.05, 0.1) is 11.6 Å². The lowest BCUT2D eigenvalue weighted by Gasteiger charge is -2.28. The zero-order valence-electron chi connectivity index (χ0n) is 11.3. The molecular formula is C14H21N3O. The van der Waals surface area contributed by atoms with Gasteiger partial charge in [0.1, 0.15) is 0 Å². The summed E-state index contributed by atoms with van der Waals surface area (Å²) in [5.41, 5.74) is 0.789. The first-order valence-electron chi connectivity index (χ1n) is 6.67. The average molecular weight is 247 g/mol. The molecule has 1 aliphatic rings. The van der Waals surface area contributed by atoms with Gasteiger partial charge < -0.3 is 4.90 Å². The Bertz CT molecular complexity index is 405. The summed E-state index contributed by atoms with van der Waals surface area (Å²) >= 11 is 0. The third-order valence-electron chi connectivity index (χ3n) is 3.67. The van der Waals surface area contributed by atoms with E-state index >= 15 is 0 Å². The van der Waals surface area contributed by atoms with E-state index in [1.54, 1.807) is 18.6 Å². The van der Waals surface area contributed by atoms with E-state index in [9.17, 15) is 4.79 Å². The number of likely N-dealkylation sites (tertiary alicyclic amines) is 1. The summed E-state index contributed by atoms with van der Waals surface area (Å²) in [5, 5.41) is 0. The lowest BCUT2D eigenvalue weighted by Crippen LogP contribution is -2.39. The van der Waals surface area contributed by atoms with Crippen molar-refractivity contribution in [2.75, 3.05) is 6.54 Å². The summed E-state index contributed by atoms with van der Waals surface area (Å²) in [6.07, 6.45) is 7.23. The molecule has 18 heavy (non-hydrogen) atoms. The Morgan fingerprint density at radius 2 is 2.22 bits per heavy atom. The second kappa shape index (κ2) is 5.46. The smallest absolute Gasteiger partial charge is 0.232 e. The molecule has 2 atom stereocenters. The molecule has 1 fully saturated rings. The fourth-order valence-corrected chi connectivity index (χ4v) is 2.66. The van der Waals surface area contributed by atoms with Crippen molar-refractivity contribution in [3.63, 3.8) is 0 Å². The third-order valence-corrected chi connectivity index (χ3v) is 3.67. The van der Waals surface area contributed by atoms with Crippen LogP contribution in [0.1, 0.15) is 45.2 Å². The van der Waals surface area contributed by atoms with Crippen molar-refractivity contribution in [1.82, 2.24) is 14.9 Å². The van der Waals surface area contributed by atoms with Crippen molar-refractivity contribution >= 4 is 5.91 Å². The SMILES string of the molecule is CC(C)C(C(=O)N1CCCC1C)c1cnccn1. The number of nitrogens with zero attached hydrogens (tertiary/aromatic N) is 3. The van der Waals surface area contributed by atoms with Crippen LogP contribution in [0.3, 0.4) is 0 Å². The van der Waals surface area contributed by atoms with Gasteiger partial charge in [-0.2, -0.15) is 0 Å². The molecule has 0 aliphatic carbocycles. The molecule has 2 heterocycles. The number of carbonyl (C=O) groups is 1. The molecule has 1 aromatic heterocycles. The second-order valence-corrected chi connectivity index (χ2v) is 5.37. The summed E-state index contributed by atoms with van der Waals surface area (Å²) < 4.78 is 0. The van der Waals surface area contributed by atoms with Crippen LogP contribution in [-0.2, 0) is 4.79 Å². The van der Waals surface area contributed by atoms with Gasteiger partial charge in [-0.3, -0.25) is 14.8 Å². The van der Waals surface area contributed by atoms with Crippen LogP contribution in [0.15, 0.2) is 18.6 Å². The predicted octanol–water partition coefficient (Wildman–Crippen LogP) is 2.23. The maximum atomic E-state index is 12.7. The summed E-state index contributed by atoms with van der Waals surface area (Å²) in [5.74, 6) is 0.275. The Balaban J connectivity index is 2.23. The molecule has 0 N–H and O–H groups in total. The van der Waals surface area contributed by atoms with Gasteiger partial charge in [-0.05, 0) is 25.7 Å². The molecule has 4 heteroatoms. The van der Waals surface area contributed by atoms with Gasteiger partial charge in [0.15, 0.2) is 0 Å². The first-order chi connectivity index (χ1) is 8.61. The molecule has 98 valence electrons. The normalized spacial score (nSPS) is 21.3. The lowest BCUT2D eigenvalue weighted by molar-refractivity contribution is -0.134. The van der Waals surface area contributed by atoms with E-state index in [2.05, 4.69) is 30.7 Å². The van der Waals surface area contributed by atoms with E-state index in [1.165, 1.54) is 0 Å². The van der Waals surface area contributed by atoms with Crippen molar-refractivity contribution in [3.8, 4) is 0 Å². The highest BCUT2D eigenvalue weighted by Crippen LogP contribution is 2.28. The number of rotatable bonds is 3. The number of hydrogen-bond donors (Lipinski definition) is 0. The van der Waals surface area contributed by atoms with Crippen LogP contribution in [0, 0.1) is 5.92 Å². The summed E-state index contributed by atoms with van der Waals surface area (Å²) in [7, 11) is 0. The predicted molar refractivity (Wildman–Crippen MR) is 70.0 cm³/mol. The molecule has 1 amide bonds. The average Bonchev–Trinajstić information content (AvgIpc) is 2.76. The van der Waals surface area contributed by atoms with Crippen LogP contribution in [-0.4, -0.2) is 33.4 Å². The van der Waals surface area contributed by atoms with E-state index < -0.39 is 0 Å². The molecule has 0 spiro atoms. The van der Waals surface area contributed by atoms with Gasteiger partial charge in [-0.1, -0.05) is 13.8 Å². The first kappa shape index (κ1) is 13.0. The number of amides is 1. The number of carbonyl (C=O) groups excluding carboxylic acids is 1. The molecule has 4 nitrogen and oxygen atoms in total. The van der Waals surface area contributed by atoms with Gasteiger partial charge >= 0.3 is 0 Å². The minimum absolute atomic E-state index is 0.167. The maximum absolute atomic E-state index is 12.7. The molecule has 0 bridgehead atoms. The number of hydrogen-bond acceptors (Lipinski definition) is 3. The standard InChI is InChI=1S/C14H21N3O/c1-10(2)13(12-9-15-6-7-16-12)14(18)17-8-4-5-11(17)3/h6-7,9-11,13H,4-5,8H2,1-3H3. The Morgan fingerprint density at radius 1 is 1.44 bits per heavy atom. The molecule has 2 unspecified atom stereocenters. The molecule has 0 aromatic carbocycles. The molecular weight excluding hydrogens is 226 g/mol. The molecule has 1 aliphatic heterocycles. The molecule has 0 radical (unpaired) electrons. The van der Waals surface area contributed by atoms with Gasteiger partial charge in [0.2, 0.25) is 5.91 Å². The van der Waals surface area contributed by atoms with E-state index in [4.69, 9.17) is 0 Å². The van der Waals surface area contributed by atoms with Crippen molar-refractivity contribution in [2.45, 2.75) is 45.6 Å². The minimum Gasteiger partial charge on any atom is -0.339 e. The summed E-state index contributed by atoms with van der Waals surface area (Å²) in [4.78, 5) is 23.0. The van der Waals surface area contributed by atoms with Crippen LogP contribution in [0.4, 0.5) is 0 Å². The van der Waals surface area contributed by atoms with Gasteiger partial charge in [-0.15, -0.1) is 0 Å². The highest BCUT2D eigenvalue weighted by atomic mass is 16.2. The maximum Gasteiger partial charge on any atom is 0.232 e. The van der Waals surface area contributed by atoms with Crippen LogP contribution in [0.25, 0.3) is 0 Å². The second-order valence-electron chi connectivity index (χ2n) is 5.37. The van der Waals surface area contributed by atoms with E-state index in [1.807, 2.05) is 4.90 Å². The van der Waals surface area contributed by atoms with E-state index in [0.717, 1.165) is 25.1 Å². The molecule has 0 saturated carbocycles. The zero-order valence-corrected chi connectivity index (χ0v) is 11.3. The molecule has 1 saturated heterocycles. The first-order valence-corrected chi connectivity index (χ1v) is 6.67. The Labute approximate surface area is 108 Å². The fraction of sp³-hybridized carbons (Fsp3) is 0.643. The highest BCUT2D eigenvalue weighted by molar-refractivity contribution is 5.84. The molecule has 2 rings (SSSR count). The third kappa shape index (κ3) is 2.52. The van der Waals surface area contributed by atoms with Gasteiger partial charge in [0.25, 0.3) is 0 Å². The zero-order chi connectivity index (χ0) is 13.1. The summed E-state index contributed by atoms with van der Waals surface area (Å²) in [6, 6.07) is 0.357. The van der Waals surface area contributed by atoms with Gasteiger partial charge in [-0.25, -0.2) is 0 Å². The van der Waals surface area contributed by atoms with E-state index in [-0.39, 0.29) is 17.7 Å². The van der Waals surface area contributed by atoms with Crippen LogP contribution in [0.5, 0.6) is 0 Å². The Morgan fingerprint density at radius 3 is 2.72 bits per heavy atom. The Kier molecular flexibility index (Phi) is 3.94. The molecule has 1 aromatic rings.